The molecule has 0 saturated carbocycles. The third kappa shape index (κ3) is 7.55. The molecule has 1 aromatic rings. The van der Waals surface area contributed by atoms with Gasteiger partial charge in [0.15, 0.2) is 0 Å². The van der Waals surface area contributed by atoms with Crippen molar-refractivity contribution < 1.29 is 13.9 Å². The highest BCUT2D eigenvalue weighted by Crippen LogP contribution is 2.25. The second kappa shape index (κ2) is 12.2. The van der Waals surface area contributed by atoms with Gasteiger partial charge < -0.3 is 9.15 Å². The minimum atomic E-state index is -0.0894. The molecule has 0 saturated heterocycles. The molecule has 0 N–H and O–H groups in total. The molecule has 0 bridgehead atoms. The summed E-state index contributed by atoms with van der Waals surface area (Å²) in [5, 5.41) is 0. The largest absolute Gasteiger partial charge is 0.469 e. The maximum absolute atomic E-state index is 11.0. The standard InChI is InChI=1S/C21H36O3/c1-5-6-11-14-19-17(2)18(3)20(24-19)15-12-9-7-8-10-13-16-21(22)23-4/h5-16H2,1-4H3. The molecule has 1 heterocycles. The fraction of sp³-hybridized carbons (Fsp3) is 0.762. The second-order valence-electron chi connectivity index (χ2n) is 6.85. The number of esters is 1. The number of carbonyl (C=O) groups excluding carboxylic acids is 1. The normalized spacial score (nSPS) is 11.0. The monoisotopic (exact) mass is 336 g/mol. The number of aryl methyl sites for hydroxylation is 2. The number of ether oxygens (including phenoxy) is 1. The van der Waals surface area contributed by atoms with E-state index in [4.69, 9.17) is 4.42 Å². The van der Waals surface area contributed by atoms with Gasteiger partial charge in [-0.15, -0.1) is 0 Å². The van der Waals surface area contributed by atoms with Crippen molar-refractivity contribution in [3.8, 4) is 0 Å². The van der Waals surface area contributed by atoms with E-state index < -0.39 is 0 Å². The Morgan fingerprint density at radius 3 is 1.88 bits per heavy atom. The van der Waals surface area contributed by atoms with E-state index in [1.807, 2.05) is 0 Å². The molecular formula is C21H36O3. The van der Waals surface area contributed by atoms with Crippen molar-refractivity contribution in [2.75, 3.05) is 7.11 Å². The molecule has 3 heteroatoms. The lowest BCUT2D eigenvalue weighted by molar-refractivity contribution is -0.140. The summed E-state index contributed by atoms with van der Waals surface area (Å²) in [5.74, 6) is 2.32. The molecule has 0 aliphatic rings. The van der Waals surface area contributed by atoms with Crippen LogP contribution in [0.2, 0.25) is 0 Å². The first-order valence-electron chi connectivity index (χ1n) is 9.74. The first-order chi connectivity index (χ1) is 11.6. The zero-order valence-electron chi connectivity index (χ0n) is 16.2. The summed E-state index contributed by atoms with van der Waals surface area (Å²) >= 11 is 0. The van der Waals surface area contributed by atoms with Gasteiger partial charge in [-0.1, -0.05) is 45.4 Å². The quantitative estimate of drug-likeness (QED) is 0.324. The molecule has 24 heavy (non-hydrogen) atoms. The minimum absolute atomic E-state index is 0.0894. The Kier molecular flexibility index (Phi) is 10.5. The van der Waals surface area contributed by atoms with Gasteiger partial charge in [-0.25, -0.2) is 0 Å². The van der Waals surface area contributed by atoms with Crippen LogP contribution in [-0.4, -0.2) is 13.1 Å². The first-order valence-corrected chi connectivity index (χ1v) is 9.74. The van der Waals surface area contributed by atoms with E-state index in [1.165, 1.54) is 74.7 Å². The molecule has 1 rings (SSSR count). The number of unbranched alkanes of at least 4 members (excludes halogenated alkanes) is 7. The van der Waals surface area contributed by atoms with Crippen LogP contribution in [0.25, 0.3) is 0 Å². The van der Waals surface area contributed by atoms with Crippen molar-refractivity contribution in [3.05, 3.63) is 22.6 Å². The Bertz CT molecular complexity index is 474. The van der Waals surface area contributed by atoms with Crippen LogP contribution >= 0.6 is 0 Å². The van der Waals surface area contributed by atoms with Gasteiger partial charge in [0.2, 0.25) is 0 Å². The molecule has 0 radical (unpaired) electrons. The van der Waals surface area contributed by atoms with Gasteiger partial charge >= 0.3 is 5.97 Å². The zero-order valence-corrected chi connectivity index (χ0v) is 16.2. The summed E-state index contributed by atoms with van der Waals surface area (Å²) in [6.07, 6.45) is 13.4. The first kappa shape index (κ1) is 20.8. The lowest BCUT2D eigenvalue weighted by atomic mass is 10.0. The molecular weight excluding hydrogens is 300 g/mol. The molecule has 3 nitrogen and oxygen atoms in total. The molecule has 0 aliphatic heterocycles. The Labute approximate surface area is 148 Å². The maximum Gasteiger partial charge on any atom is 0.305 e. The fourth-order valence-corrected chi connectivity index (χ4v) is 3.10. The molecule has 1 aromatic heterocycles. The average molecular weight is 337 g/mol. The van der Waals surface area contributed by atoms with E-state index in [0.717, 1.165) is 25.7 Å². The fourth-order valence-electron chi connectivity index (χ4n) is 3.10. The highest BCUT2D eigenvalue weighted by atomic mass is 16.5. The Hall–Kier alpha value is -1.25. The molecule has 0 aliphatic carbocycles. The number of carbonyl (C=O) groups is 1. The van der Waals surface area contributed by atoms with Gasteiger partial charge in [-0.05, 0) is 44.2 Å². The van der Waals surface area contributed by atoms with Crippen LogP contribution in [0.15, 0.2) is 4.42 Å². The minimum Gasteiger partial charge on any atom is -0.469 e. The number of rotatable bonds is 13. The summed E-state index contributed by atoms with van der Waals surface area (Å²) in [6.45, 7) is 6.64. The maximum atomic E-state index is 11.0. The lowest BCUT2D eigenvalue weighted by Crippen LogP contribution is -1.99. The van der Waals surface area contributed by atoms with Crippen LogP contribution in [0.5, 0.6) is 0 Å². The summed E-state index contributed by atoms with van der Waals surface area (Å²) in [6, 6.07) is 0. The van der Waals surface area contributed by atoms with Crippen LogP contribution in [0.3, 0.4) is 0 Å². The molecule has 0 aromatic carbocycles. The van der Waals surface area contributed by atoms with Crippen LogP contribution in [-0.2, 0) is 22.4 Å². The summed E-state index contributed by atoms with van der Waals surface area (Å²) < 4.78 is 10.8. The van der Waals surface area contributed by atoms with Crippen LogP contribution < -0.4 is 0 Å². The summed E-state index contributed by atoms with van der Waals surface area (Å²) in [5.41, 5.74) is 2.73. The Morgan fingerprint density at radius 2 is 1.33 bits per heavy atom. The highest BCUT2D eigenvalue weighted by Gasteiger charge is 2.12. The summed E-state index contributed by atoms with van der Waals surface area (Å²) in [7, 11) is 1.45. The Morgan fingerprint density at radius 1 is 0.833 bits per heavy atom. The highest BCUT2D eigenvalue weighted by molar-refractivity contribution is 5.68. The molecule has 0 unspecified atom stereocenters. The smallest absolute Gasteiger partial charge is 0.305 e. The van der Waals surface area contributed by atoms with Crippen LogP contribution in [0, 0.1) is 13.8 Å². The number of furan rings is 1. The number of hydrogen-bond acceptors (Lipinski definition) is 3. The topological polar surface area (TPSA) is 39.4 Å². The predicted octanol–water partition coefficient (Wildman–Crippen LogP) is 6.08. The SMILES string of the molecule is CCCCCc1oc(CCCCCCCCC(=O)OC)c(C)c1C. The van der Waals surface area contributed by atoms with E-state index in [0.29, 0.717) is 6.42 Å². The molecule has 0 atom stereocenters. The number of methoxy groups -OCH3 is 1. The Balaban J connectivity index is 2.18. The van der Waals surface area contributed by atoms with Gasteiger partial charge in [0.1, 0.15) is 11.5 Å². The van der Waals surface area contributed by atoms with E-state index in [9.17, 15) is 4.79 Å². The van der Waals surface area contributed by atoms with Gasteiger partial charge in [-0.3, -0.25) is 4.79 Å². The molecule has 0 amide bonds. The number of hydrogen-bond donors (Lipinski definition) is 0. The molecule has 138 valence electrons. The van der Waals surface area contributed by atoms with Crippen LogP contribution in [0.1, 0.15) is 93.8 Å². The second-order valence-corrected chi connectivity index (χ2v) is 6.85. The van der Waals surface area contributed by atoms with Crippen molar-refractivity contribution in [1.29, 1.82) is 0 Å². The van der Waals surface area contributed by atoms with E-state index in [1.54, 1.807) is 0 Å². The van der Waals surface area contributed by atoms with Crippen molar-refractivity contribution in [2.24, 2.45) is 0 Å². The molecule has 0 spiro atoms. The average Bonchev–Trinajstić information content (AvgIpc) is 2.85. The van der Waals surface area contributed by atoms with Gasteiger partial charge in [0.05, 0.1) is 7.11 Å². The van der Waals surface area contributed by atoms with E-state index >= 15 is 0 Å². The predicted molar refractivity (Wildman–Crippen MR) is 99.5 cm³/mol. The van der Waals surface area contributed by atoms with E-state index in [-0.39, 0.29) is 5.97 Å². The summed E-state index contributed by atoms with van der Waals surface area (Å²) in [4.78, 5) is 11.0. The van der Waals surface area contributed by atoms with Crippen molar-refractivity contribution in [3.63, 3.8) is 0 Å². The third-order valence-corrected chi connectivity index (χ3v) is 4.92. The lowest BCUT2D eigenvalue weighted by Gasteiger charge is -2.02. The van der Waals surface area contributed by atoms with Crippen LogP contribution in [0.4, 0.5) is 0 Å². The molecule has 0 fully saturated rings. The van der Waals surface area contributed by atoms with Gasteiger partial charge in [0.25, 0.3) is 0 Å². The van der Waals surface area contributed by atoms with Crippen molar-refractivity contribution in [2.45, 2.75) is 97.8 Å². The third-order valence-electron chi connectivity index (χ3n) is 4.92. The van der Waals surface area contributed by atoms with E-state index in [2.05, 4.69) is 25.5 Å². The van der Waals surface area contributed by atoms with Crippen molar-refractivity contribution >= 4 is 5.97 Å². The van der Waals surface area contributed by atoms with Crippen molar-refractivity contribution in [1.82, 2.24) is 0 Å². The van der Waals surface area contributed by atoms with Gasteiger partial charge in [0, 0.05) is 19.3 Å². The van der Waals surface area contributed by atoms with Gasteiger partial charge in [-0.2, -0.15) is 0 Å². The zero-order chi connectivity index (χ0) is 17.8.